The van der Waals surface area contributed by atoms with Crippen molar-refractivity contribution in [3.05, 3.63) is 29.6 Å². The van der Waals surface area contributed by atoms with Crippen LogP contribution in [0.1, 0.15) is 19.5 Å². The van der Waals surface area contributed by atoms with E-state index in [0.29, 0.717) is 5.69 Å². The predicted octanol–water partition coefficient (Wildman–Crippen LogP) is 0.360. The number of nitrogens with zero attached hydrogens (tertiary/aromatic N) is 3. The van der Waals surface area contributed by atoms with Gasteiger partial charge in [-0.05, 0) is 32.1 Å². The van der Waals surface area contributed by atoms with Crippen molar-refractivity contribution < 1.29 is 23.1 Å². The van der Waals surface area contributed by atoms with E-state index in [1.165, 1.54) is 19.9 Å². The summed E-state index contributed by atoms with van der Waals surface area (Å²) in [6, 6.07) is 2.12. The molecule has 8 nitrogen and oxygen atoms in total. The molecule has 0 spiro atoms. The van der Waals surface area contributed by atoms with E-state index in [4.69, 9.17) is 0 Å². The van der Waals surface area contributed by atoms with Crippen molar-refractivity contribution in [2.75, 3.05) is 19.0 Å². The van der Waals surface area contributed by atoms with Crippen LogP contribution in [-0.2, 0) is 19.4 Å². The molecular formula is C16H19N3O5S. The third-order valence-corrected chi connectivity index (χ3v) is 7.54. The molecule has 134 valence electrons. The maximum absolute atomic E-state index is 12.8. The lowest BCUT2D eigenvalue weighted by molar-refractivity contribution is -0.152. The molecule has 2 atom stereocenters. The second-order valence-electron chi connectivity index (χ2n) is 6.89. The highest BCUT2D eigenvalue weighted by Gasteiger charge is 2.70. The summed E-state index contributed by atoms with van der Waals surface area (Å²) in [5.74, 6) is -1.90. The maximum atomic E-state index is 12.8. The van der Waals surface area contributed by atoms with Gasteiger partial charge < -0.3 is 14.9 Å². The number of β-lactam (4-membered cyclic amide) rings is 1. The lowest BCUT2D eigenvalue weighted by Crippen LogP contribution is -2.58. The standard InChI is InChI=1S/C16H19N3O5S/c1-16(2)12(15(21)22)19-13(20)11(14(19)25(16,23)24)8-9-7-10(18(3)4)5-6-17-9/h5-8,12,14H,1-4H3,(H,21,22)/b11-8-/t12-,14+/m0/s1. The Kier molecular flexibility index (Phi) is 3.68. The normalized spacial score (nSPS) is 27.8. The van der Waals surface area contributed by atoms with Crippen LogP contribution < -0.4 is 4.90 Å². The molecule has 3 rings (SSSR count). The first-order valence-electron chi connectivity index (χ1n) is 7.64. The molecule has 1 aromatic heterocycles. The van der Waals surface area contributed by atoms with Crippen molar-refractivity contribution in [3.8, 4) is 0 Å². The minimum atomic E-state index is -3.87. The fraction of sp³-hybridized carbons (Fsp3) is 0.438. The van der Waals surface area contributed by atoms with E-state index in [1.54, 1.807) is 18.3 Å². The zero-order chi connectivity index (χ0) is 18.7. The van der Waals surface area contributed by atoms with Crippen LogP contribution in [0.15, 0.2) is 23.9 Å². The summed E-state index contributed by atoms with van der Waals surface area (Å²) in [7, 11) is -0.169. The molecule has 1 amide bonds. The fourth-order valence-electron chi connectivity index (χ4n) is 3.29. The number of pyridine rings is 1. The van der Waals surface area contributed by atoms with Crippen LogP contribution in [0, 0.1) is 0 Å². The van der Waals surface area contributed by atoms with E-state index in [-0.39, 0.29) is 5.57 Å². The molecule has 2 saturated heterocycles. The Hall–Kier alpha value is -2.42. The minimum absolute atomic E-state index is 0.0558. The quantitative estimate of drug-likeness (QED) is 0.608. The number of fused-ring (bicyclic) bond motifs is 1. The van der Waals surface area contributed by atoms with Gasteiger partial charge in [-0.15, -0.1) is 0 Å². The molecule has 2 aliphatic rings. The molecule has 0 saturated carbocycles. The molecule has 0 radical (unpaired) electrons. The fourth-order valence-corrected chi connectivity index (χ4v) is 5.42. The van der Waals surface area contributed by atoms with Crippen LogP contribution in [0.5, 0.6) is 0 Å². The Morgan fingerprint density at radius 1 is 1.40 bits per heavy atom. The van der Waals surface area contributed by atoms with Gasteiger partial charge in [-0.3, -0.25) is 9.78 Å². The number of carbonyl (C=O) groups is 2. The lowest BCUT2D eigenvalue weighted by atomic mass is 9.95. The van der Waals surface area contributed by atoms with Crippen LogP contribution >= 0.6 is 0 Å². The summed E-state index contributed by atoms with van der Waals surface area (Å²) in [5.41, 5.74) is 1.35. The Balaban J connectivity index is 2.07. The van der Waals surface area contributed by atoms with Gasteiger partial charge in [0, 0.05) is 26.0 Å². The van der Waals surface area contributed by atoms with Gasteiger partial charge >= 0.3 is 5.97 Å². The van der Waals surface area contributed by atoms with Gasteiger partial charge in [0.2, 0.25) is 0 Å². The maximum Gasteiger partial charge on any atom is 0.328 e. The number of aliphatic carboxylic acids is 1. The summed E-state index contributed by atoms with van der Waals surface area (Å²) >= 11 is 0. The highest BCUT2D eigenvalue weighted by atomic mass is 32.2. The van der Waals surface area contributed by atoms with Gasteiger partial charge in [0.25, 0.3) is 5.91 Å². The summed E-state index contributed by atoms with van der Waals surface area (Å²) in [5, 5.41) is 8.16. The summed E-state index contributed by atoms with van der Waals surface area (Å²) < 4.78 is 24.0. The average molecular weight is 365 g/mol. The van der Waals surface area contributed by atoms with Crippen LogP contribution in [-0.4, -0.2) is 65.5 Å². The number of anilines is 1. The van der Waals surface area contributed by atoms with Crippen LogP contribution in [0.3, 0.4) is 0 Å². The third kappa shape index (κ3) is 2.25. The number of rotatable bonds is 3. The Morgan fingerprint density at radius 3 is 2.60 bits per heavy atom. The van der Waals surface area contributed by atoms with E-state index in [0.717, 1.165) is 10.6 Å². The highest BCUT2D eigenvalue weighted by Crippen LogP contribution is 2.48. The smallest absolute Gasteiger partial charge is 0.328 e. The van der Waals surface area contributed by atoms with E-state index in [9.17, 15) is 23.1 Å². The SMILES string of the molecule is CN(C)c1ccnc(/C=C2/C(=O)N3[C@@H](C(=O)O)C(C)(C)S(=O)(=O)[C@H]23)c1. The molecular weight excluding hydrogens is 346 g/mol. The second kappa shape index (κ2) is 5.29. The van der Waals surface area contributed by atoms with Gasteiger partial charge in [-0.25, -0.2) is 13.2 Å². The number of hydrogen-bond acceptors (Lipinski definition) is 6. The van der Waals surface area contributed by atoms with Crippen LogP contribution in [0.25, 0.3) is 6.08 Å². The second-order valence-corrected chi connectivity index (χ2v) is 9.48. The first-order valence-corrected chi connectivity index (χ1v) is 9.18. The molecule has 0 bridgehead atoms. The average Bonchev–Trinajstić information content (AvgIpc) is 2.66. The molecule has 25 heavy (non-hydrogen) atoms. The molecule has 0 unspecified atom stereocenters. The van der Waals surface area contributed by atoms with Crippen LogP contribution in [0.4, 0.5) is 5.69 Å². The van der Waals surface area contributed by atoms with Gasteiger partial charge in [-0.1, -0.05) is 0 Å². The third-order valence-electron chi connectivity index (χ3n) is 4.78. The Bertz CT molecular complexity index is 904. The van der Waals surface area contributed by atoms with E-state index in [2.05, 4.69) is 4.98 Å². The molecule has 3 heterocycles. The zero-order valence-corrected chi connectivity index (χ0v) is 15.1. The number of amides is 1. The van der Waals surface area contributed by atoms with Crippen molar-refractivity contribution in [1.82, 2.24) is 9.88 Å². The van der Waals surface area contributed by atoms with Gasteiger partial charge in [0.05, 0.1) is 11.3 Å². The van der Waals surface area contributed by atoms with Gasteiger partial charge in [0.15, 0.2) is 21.3 Å². The molecule has 1 N–H and O–H groups in total. The minimum Gasteiger partial charge on any atom is -0.480 e. The number of carboxylic acids is 1. The van der Waals surface area contributed by atoms with E-state index >= 15 is 0 Å². The molecule has 2 aliphatic heterocycles. The number of carboxylic acid groups (broad SMARTS) is 1. The van der Waals surface area contributed by atoms with Gasteiger partial charge in [0.1, 0.15) is 4.75 Å². The number of aromatic nitrogens is 1. The highest BCUT2D eigenvalue weighted by molar-refractivity contribution is 7.94. The number of sulfone groups is 1. The Morgan fingerprint density at radius 2 is 2.04 bits per heavy atom. The monoisotopic (exact) mass is 365 g/mol. The summed E-state index contributed by atoms with van der Waals surface area (Å²) in [6.45, 7) is 2.69. The molecule has 9 heteroatoms. The molecule has 0 aliphatic carbocycles. The first-order chi connectivity index (χ1) is 11.5. The van der Waals surface area contributed by atoms with Crippen molar-refractivity contribution >= 4 is 33.5 Å². The summed E-state index contributed by atoms with van der Waals surface area (Å²) in [4.78, 5) is 30.9. The van der Waals surface area contributed by atoms with Crippen molar-refractivity contribution in [2.45, 2.75) is 30.0 Å². The topological polar surface area (TPSA) is 108 Å². The van der Waals surface area contributed by atoms with Crippen molar-refractivity contribution in [2.24, 2.45) is 0 Å². The molecule has 0 aromatic carbocycles. The molecule has 1 aromatic rings. The van der Waals surface area contributed by atoms with E-state index < -0.39 is 37.9 Å². The van der Waals surface area contributed by atoms with Crippen molar-refractivity contribution in [3.63, 3.8) is 0 Å². The van der Waals surface area contributed by atoms with E-state index in [1.807, 2.05) is 19.0 Å². The first kappa shape index (κ1) is 17.4. The molecule has 2 fully saturated rings. The number of hydrogen-bond donors (Lipinski definition) is 1. The zero-order valence-electron chi connectivity index (χ0n) is 14.3. The van der Waals surface area contributed by atoms with Crippen LogP contribution in [0.2, 0.25) is 0 Å². The summed E-state index contributed by atoms with van der Waals surface area (Å²) in [6.07, 6.45) is 2.99. The van der Waals surface area contributed by atoms with Crippen molar-refractivity contribution in [1.29, 1.82) is 0 Å². The number of carbonyl (C=O) groups excluding carboxylic acids is 1. The van der Waals surface area contributed by atoms with Gasteiger partial charge in [-0.2, -0.15) is 0 Å². The largest absolute Gasteiger partial charge is 0.480 e. The predicted molar refractivity (Wildman–Crippen MR) is 91.6 cm³/mol. The Labute approximate surface area is 145 Å². The lowest BCUT2D eigenvalue weighted by Gasteiger charge is -2.37.